The summed E-state index contributed by atoms with van der Waals surface area (Å²) in [5.74, 6) is 2.15. The van der Waals surface area contributed by atoms with Crippen molar-refractivity contribution in [3.05, 3.63) is 12.4 Å². The van der Waals surface area contributed by atoms with Crippen LogP contribution in [0.4, 0.5) is 0 Å². The Bertz CT molecular complexity index is 120. The fraction of sp³-hybridized carbons (Fsp3) is 0.800. The summed E-state index contributed by atoms with van der Waals surface area (Å²) in [5, 5.41) is 0.796. The summed E-state index contributed by atoms with van der Waals surface area (Å²) in [5.41, 5.74) is 0. The molecule has 0 saturated carbocycles. The van der Waals surface area contributed by atoms with Gasteiger partial charge in [0.15, 0.2) is 0 Å². The molecule has 0 nitrogen and oxygen atoms in total. The average molecular weight is 172 g/mol. The molecule has 0 unspecified atom stereocenters. The van der Waals surface area contributed by atoms with Gasteiger partial charge in [-0.1, -0.05) is 61.9 Å². The maximum absolute atomic E-state index is 3.92. The van der Waals surface area contributed by atoms with Crippen LogP contribution in [0.15, 0.2) is 12.4 Å². The Morgan fingerprint density at radius 3 is 1.18 bits per heavy atom. The summed E-state index contributed by atoms with van der Waals surface area (Å²) >= 11 is 0. The third kappa shape index (κ3) is 3.38. The highest BCUT2D eigenvalue weighted by atomic mass is 31.1. The molecule has 0 spiro atoms. The highest BCUT2D eigenvalue weighted by Gasteiger charge is 2.31. The molecule has 0 aliphatic heterocycles. The first kappa shape index (κ1) is 11.2. The molecule has 0 aromatic carbocycles. The molecule has 11 heavy (non-hydrogen) atoms. The van der Waals surface area contributed by atoms with E-state index in [-0.39, 0.29) is 7.92 Å². The predicted octanol–water partition coefficient (Wildman–Crippen LogP) is 4.21. The molecule has 0 rings (SSSR count). The van der Waals surface area contributed by atoms with E-state index >= 15 is 0 Å². The Balaban J connectivity index is 4.56. The van der Waals surface area contributed by atoms with Crippen LogP contribution in [-0.2, 0) is 0 Å². The van der Waals surface area contributed by atoms with Crippen molar-refractivity contribution in [2.45, 2.75) is 51.9 Å². The van der Waals surface area contributed by atoms with Crippen LogP contribution in [0, 0.1) is 0 Å². The van der Waals surface area contributed by atoms with Gasteiger partial charge in [-0.2, -0.15) is 0 Å². The molecule has 0 atom stereocenters. The van der Waals surface area contributed by atoms with Gasteiger partial charge < -0.3 is 0 Å². The van der Waals surface area contributed by atoms with Gasteiger partial charge in [0.05, 0.1) is 0 Å². The van der Waals surface area contributed by atoms with E-state index in [0.29, 0.717) is 10.3 Å². The second-order valence-electron chi connectivity index (χ2n) is 4.89. The summed E-state index contributed by atoms with van der Waals surface area (Å²) < 4.78 is 0. The Morgan fingerprint density at radius 1 is 0.909 bits per heavy atom. The van der Waals surface area contributed by atoms with E-state index in [9.17, 15) is 0 Å². The molecule has 0 radical (unpaired) electrons. The lowest BCUT2D eigenvalue weighted by Crippen LogP contribution is -2.23. The summed E-state index contributed by atoms with van der Waals surface area (Å²) in [6, 6.07) is 0. The average Bonchev–Trinajstić information content (AvgIpc) is 1.56. The summed E-state index contributed by atoms with van der Waals surface area (Å²) in [4.78, 5) is 0. The standard InChI is InChI=1S/C10H21P/c1-8-11(9(2,3)4)10(5,6)7/h8H,1H2,2-7H3. The first-order valence-corrected chi connectivity index (χ1v) is 5.52. The van der Waals surface area contributed by atoms with Crippen molar-refractivity contribution >= 4 is 7.92 Å². The van der Waals surface area contributed by atoms with Crippen LogP contribution in [-0.4, -0.2) is 10.3 Å². The van der Waals surface area contributed by atoms with E-state index in [1.54, 1.807) is 0 Å². The molecule has 0 amide bonds. The summed E-state index contributed by atoms with van der Waals surface area (Å²) in [7, 11) is -0.0766. The van der Waals surface area contributed by atoms with E-state index in [4.69, 9.17) is 0 Å². The van der Waals surface area contributed by atoms with Gasteiger partial charge in [0.25, 0.3) is 0 Å². The van der Waals surface area contributed by atoms with Crippen LogP contribution in [0.1, 0.15) is 41.5 Å². The third-order valence-corrected chi connectivity index (χ3v) is 4.88. The van der Waals surface area contributed by atoms with Gasteiger partial charge in [-0.05, 0) is 10.3 Å². The fourth-order valence-electron chi connectivity index (χ4n) is 1.55. The van der Waals surface area contributed by atoms with Crippen molar-refractivity contribution in [1.82, 2.24) is 0 Å². The number of rotatable bonds is 1. The maximum atomic E-state index is 3.92. The number of hydrogen-bond donors (Lipinski definition) is 0. The molecule has 66 valence electrons. The van der Waals surface area contributed by atoms with Crippen molar-refractivity contribution in [2.75, 3.05) is 0 Å². The van der Waals surface area contributed by atoms with Crippen molar-refractivity contribution in [3.63, 3.8) is 0 Å². The molecule has 0 aromatic rings. The lowest BCUT2D eigenvalue weighted by atomic mass is 10.2. The summed E-state index contributed by atoms with van der Waals surface area (Å²) in [6.07, 6.45) is 0. The molecule has 0 aliphatic rings. The minimum Gasteiger partial charge on any atom is -0.0985 e. The minimum atomic E-state index is -0.0766. The number of hydrogen-bond acceptors (Lipinski definition) is 0. The van der Waals surface area contributed by atoms with Crippen LogP contribution in [0.5, 0.6) is 0 Å². The minimum absolute atomic E-state index is 0.0766. The smallest absolute Gasteiger partial charge is 0.0140 e. The first-order valence-electron chi connectivity index (χ1n) is 4.11. The lowest BCUT2D eigenvalue weighted by molar-refractivity contribution is 0.714. The molecule has 0 aliphatic carbocycles. The van der Waals surface area contributed by atoms with Crippen molar-refractivity contribution in [3.8, 4) is 0 Å². The lowest BCUT2D eigenvalue weighted by Gasteiger charge is -2.39. The first-order chi connectivity index (χ1) is 4.69. The molecule has 0 heterocycles. The van der Waals surface area contributed by atoms with Crippen molar-refractivity contribution < 1.29 is 0 Å². The molecule has 0 aromatic heterocycles. The monoisotopic (exact) mass is 172 g/mol. The Hall–Kier alpha value is 0.170. The van der Waals surface area contributed by atoms with Crippen LogP contribution in [0.3, 0.4) is 0 Å². The highest BCUT2D eigenvalue weighted by Crippen LogP contribution is 2.59. The van der Waals surface area contributed by atoms with E-state index in [0.717, 1.165) is 0 Å². The molecule has 1 heteroatoms. The zero-order chi connectivity index (χ0) is 9.28. The Kier molecular flexibility index (Phi) is 3.32. The van der Waals surface area contributed by atoms with Crippen LogP contribution < -0.4 is 0 Å². The van der Waals surface area contributed by atoms with E-state index < -0.39 is 0 Å². The molecular weight excluding hydrogens is 151 g/mol. The Labute approximate surface area is 72.8 Å². The zero-order valence-electron chi connectivity index (χ0n) is 8.73. The van der Waals surface area contributed by atoms with Gasteiger partial charge in [-0.25, -0.2) is 0 Å². The maximum Gasteiger partial charge on any atom is -0.0140 e. The van der Waals surface area contributed by atoms with Gasteiger partial charge in [0, 0.05) is 0 Å². The quantitative estimate of drug-likeness (QED) is 0.520. The van der Waals surface area contributed by atoms with Crippen LogP contribution in [0.2, 0.25) is 0 Å². The van der Waals surface area contributed by atoms with E-state index in [2.05, 4.69) is 53.9 Å². The van der Waals surface area contributed by atoms with Gasteiger partial charge >= 0.3 is 0 Å². The second kappa shape index (κ2) is 3.27. The van der Waals surface area contributed by atoms with E-state index in [1.165, 1.54) is 0 Å². The molecule has 0 saturated heterocycles. The predicted molar refractivity (Wildman–Crippen MR) is 56.6 cm³/mol. The van der Waals surface area contributed by atoms with E-state index in [1.807, 2.05) is 0 Å². The van der Waals surface area contributed by atoms with Crippen LogP contribution in [0.25, 0.3) is 0 Å². The largest absolute Gasteiger partial charge is 0.0985 e. The van der Waals surface area contributed by atoms with Crippen molar-refractivity contribution in [2.24, 2.45) is 0 Å². The fourth-order valence-corrected chi connectivity index (χ4v) is 4.66. The molecule has 0 bridgehead atoms. The second-order valence-corrected chi connectivity index (χ2v) is 8.68. The van der Waals surface area contributed by atoms with Crippen molar-refractivity contribution in [1.29, 1.82) is 0 Å². The van der Waals surface area contributed by atoms with Gasteiger partial charge in [-0.3, -0.25) is 0 Å². The molecule has 0 fully saturated rings. The summed E-state index contributed by atoms with van der Waals surface area (Å²) in [6.45, 7) is 17.7. The topological polar surface area (TPSA) is 0 Å². The zero-order valence-corrected chi connectivity index (χ0v) is 9.63. The highest BCUT2D eigenvalue weighted by molar-refractivity contribution is 7.63. The van der Waals surface area contributed by atoms with Crippen LogP contribution >= 0.6 is 7.92 Å². The van der Waals surface area contributed by atoms with Gasteiger partial charge in [0.1, 0.15) is 0 Å². The SMILES string of the molecule is C=CP(C(C)(C)C)C(C)(C)C. The molecular formula is C10H21P. The van der Waals surface area contributed by atoms with Gasteiger partial charge in [0.2, 0.25) is 0 Å². The third-order valence-electron chi connectivity index (χ3n) is 1.63. The molecule has 0 N–H and O–H groups in total. The van der Waals surface area contributed by atoms with Gasteiger partial charge in [-0.15, -0.1) is 0 Å². The Morgan fingerprint density at radius 2 is 1.18 bits per heavy atom. The normalized spacial score (nSPS) is 13.7.